The van der Waals surface area contributed by atoms with Gasteiger partial charge < -0.3 is 10.4 Å². The number of nitrogens with one attached hydrogen (secondary N) is 1. The molecule has 0 aliphatic carbocycles. The normalized spacial score (nSPS) is 18.7. The van der Waals surface area contributed by atoms with Crippen LogP contribution in [0, 0.1) is 11.3 Å². The van der Waals surface area contributed by atoms with Gasteiger partial charge in [0, 0.05) is 19.0 Å². The molecular weight excluding hydrogens is 254 g/mol. The van der Waals surface area contributed by atoms with E-state index >= 15 is 0 Å². The molecule has 2 N–H and O–H groups in total. The Kier molecular flexibility index (Phi) is 5.10. The van der Waals surface area contributed by atoms with Crippen LogP contribution in [0.1, 0.15) is 24.8 Å². The molecule has 0 radical (unpaired) electrons. The van der Waals surface area contributed by atoms with Gasteiger partial charge in [-0.1, -0.05) is 12.1 Å². The number of likely N-dealkylation sites (tertiary alicyclic amines) is 1. The standard InChI is InChI=1S/C15H19N3O2/c16-10-12-4-1-2-6-14(12)17-15(20)7-9-18-8-3-5-13(18)11-19/h1-2,4,6,13,19H,3,5,7-9,11H2,(H,17,20)/t13-/m0/s1. The summed E-state index contributed by atoms with van der Waals surface area (Å²) in [7, 11) is 0. The van der Waals surface area contributed by atoms with Gasteiger partial charge in [0.25, 0.3) is 0 Å². The Morgan fingerprint density at radius 2 is 2.30 bits per heavy atom. The molecule has 0 saturated carbocycles. The van der Waals surface area contributed by atoms with Crippen molar-refractivity contribution in [2.24, 2.45) is 0 Å². The second-order valence-electron chi connectivity index (χ2n) is 4.97. The maximum Gasteiger partial charge on any atom is 0.225 e. The first-order valence-electron chi connectivity index (χ1n) is 6.88. The van der Waals surface area contributed by atoms with Crippen LogP contribution in [0.25, 0.3) is 0 Å². The zero-order valence-corrected chi connectivity index (χ0v) is 11.4. The molecule has 5 heteroatoms. The van der Waals surface area contributed by atoms with Gasteiger partial charge in [-0.15, -0.1) is 0 Å². The predicted octanol–water partition coefficient (Wildman–Crippen LogP) is 1.34. The van der Waals surface area contributed by atoms with E-state index in [9.17, 15) is 9.90 Å². The summed E-state index contributed by atoms with van der Waals surface area (Å²) in [5.74, 6) is -0.101. The number of benzene rings is 1. The topological polar surface area (TPSA) is 76.4 Å². The second kappa shape index (κ2) is 7.04. The number of amides is 1. The lowest BCUT2D eigenvalue weighted by Crippen LogP contribution is -2.34. The van der Waals surface area contributed by atoms with Crippen molar-refractivity contribution in [1.29, 1.82) is 5.26 Å². The first-order chi connectivity index (χ1) is 9.74. The maximum absolute atomic E-state index is 11.9. The van der Waals surface area contributed by atoms with Crippen molar-refractivity contribution in [2.75, 3.05) is 25.0 Å². The number of hydrogen-bond donors (Lipinski definition) is 2. The minimum absolute atomic E-state index is 0.101. The Balaban J connectivity index is 1.85. The highest BCUT2D eigenvalue weighted by atomic mass is 16.3. The van der Waals surface area contributed by atoms with Crippen molar-refractivity contribution in [3.05, 3.63) is 29.8 Å². The third kappa shape index (κ3) is 3.56. The molecule has 0 spiro atoms. The summed E-state index contributed by atoms with van der Waals surface area (Å²) in [4.78, 5) is 14.1. The van der Waals surface area contributed by atoms with Gasteiger partial charge in [0.2, 0.25) is 5.91 Å². The van der Waals surface area contributed by atoms with Crippen molar-refractivity contribution >= 4 is 11.6 Å². The molecule has 2 rings (SSSR count). The molecule has 1 aromatic rings. The first-order valence-corrected chi connectivity index (χ1v) is 6.88. The van der Waals surface area contributed by atoms with E-state index in [4.69, 9.17) is 5.26 Å². The third-order valence-electron chi connectivity index (χ3n) is 3.66. The van der Waals surface area contributed by atoms with Crippen LogP contribution >= 0.6 is 0 Å². The summed E-state index contributed by atoms with van der Waals surface area (Å²) in [5.41, 5.74) is 1.02. The van der Waals surface area contributed by atoms with Crippen LogP contribution in [0.3, 0.4) is 0 Å². The Hall–Kier alpha value is -1.90. The largest absolute Gasteiger partial charge is 0.395 e. The summed E-state index contributed by atoms with van der Waals surface area (Å²) in [6.07, 6.45) is 2.44. The van der Waals surface area contributed by atoms with Crippen LogP contribution in [0.15, 0.2) is 24.3 Å². The minimum Gasteiger partial charge on any atom is -0.395 e. The summed E-state index contributed by atoms with van der Waals surface area (Å²) in [6.45, 7) is 1.73. The van der Waals surface area contributed by atoms with Gasteiger partial charge in [-0.2, -0.15) is 5.26 Å². The highest BCUT2D eigenvalue weighted by Gasteiger charge is 2.23. The smallest absolute Gasteiger partial charge is 0.225 e. The summed E-state index contributed by atoms with van der Waals surface area (Å²) < 4.78 is 0. The lowest BCUT2D eigenvalue weighted by atomic mass is 10.2. The number of hydrogen-bond acceptors (Lipinski definition) is 4. The molecule has 1 aromatic carbocycles. The fraction of sp³-hybridized carbons (Fsp3) is 0.467. The van der Waals surface area contributed by atoms with Crippen molar-refractivity contribution < 1.29 is 9.90 Å². The number of aliphatic hydroxyl groups is 1. The van der Waals surface area contributed by atoms with Crippen molar-refractivity contribution in [1.82, 2.24) is 4.90 Å². The fourth-order valence-corrected chi connectivity index (χ4v) is 2.54. The number of anilines is 1. The van der Waals surface area contributed by atoms with Gasteiger partial charge in [0.1, 0.15) is 6.07 Å². The van der Waals surface area contributed by atoms with E-state index in [1.807, 2.05) is 0 Å². The number of carbonyl (C=O) groups is 1. The molecule has 0 bridgehead atoms. The van der Waals surface area contributed by atoms with E-state index in [2.05, 4.69) is 16.3 Å². The van der Waals surface area contributed by atoms with Crippen LogP contribution < -0.4 is 5.32 Å². The molecule has 1 aliphatic rings. The average molecular weight is 273 g/mol. The SMILES string of the molecule is N#Cc1ccccc1NC(=O)CCN1CCC[C@H]1CO. The molecule has 106 valence electrons. The predicted molar refractivity (Wildman–Crippen MR) is 76.1 cm³/mol. The molecule has 5 nitrogen and oxygen atoms in total. The van der Waals surface area contributed by atoms with Crippen LogP contribution in [0.2, 0.25) is 0 Å². The second-order valence-corrected chi connectivity index (χ2v) is 4.97. The van der Waals surface area contributed by atoms with Gasteiger partial charge in [-0.25, -0.2) is 0 Å². The fourth-order valence-electron chi connectivity index (χ4n) is 2.54. The molecule has 1 saturated heterocycles. The van der Waals surface area contributed by atoms with E-state index in [1.54, 1.807) is 24.3 Å². The average Bonchev–Trinajstić information content (AvgIpc) is 2.93. The molecule has 1 heterocycles. The third-order valence-corrected chi connectivity index (χ3v) is 3.66. The Morgan fingerprint density at radius 3 is 3.05 bits per heavy atom. The van der Waals surface area contributed by atoms with E-state index in [0.29, 0.717) is 24.2 Å². The molecule has 1 fully saturated rings. The highest BCUT2D eigenvalue weighted by Crippen LogP contribution is 2.17. The van der Waals surface area contributed by atoms with Crippen molar-refractivity contribution in [2.45, 2.75) is 25.3 Å². The van der Waals surface area contributed by atoms with E-state index in [0.717, 1.165) is 19.4 Å². The summed E-state index contributed by atoms with van der Waals surface area (Å²) >= 11 is 0. The van der Waals surface area contributed by atoms with E-state index < -0.39 is 0 Å². The van der Waals surface area contributed by atoms with Crippen molar-refractivity contribution in [3.63, 3.8) is 0 Å². The molecule has 20 heavy (non-hydrogen) atoms. The first kappa shape index (κ1) is 14.5. The lowest BCUT2D eigenvalue weighted by molar-refractivity contribution is -0.116. The molecule has 0 aromatic heterocycles. The minimum atomic E-state index is -0.101. The number of carbonyl (C=O) groups excluding carboxylic acids is 1. The zero-order valence-electron chi connectivity index (χ0n) is 11.4. The van der Waals surface area contributed by atoms with Crippen molar-refractivity contribution in [3.8, 4) is 6.07 Å². The van der Waals surface area contributed by atoms with Crippen LogP contribution in [-0.4, -0.2) is 41.7 Å². The molecule has 1 aliphatic heterocycles. The van der Waals surface area contributed by atoms with Gasteiger partial charge in [0.15, 0.2) is 0 Å². The van der Waals surface area contributed by atoms with Gasteiger partial charge in [0.05, 0.1) is 17.9 Å². The van der Waals surface area contributed by atoms with Crippen LogP contribution in [0.4, 0.5) is 5.69 Å². The summed E-state index contributed by atoms with van der Waals surface area (Å²) in [6, 6.07) is 9.21. The van der Waals surface area contributed by atoms with Gasteiger partial charge >= 0.3 is 0 Å². The van der Waals surface area contributed by atoms with Crippen LogP contribution in [-0.2, 0) is 4.79 Å². The number of aliphatic hydroxyl groups excluding tert-OH is 1. The summed E-state index contributed by atoms with van der Waals surface area (Å²) in [5, 5.41) is 21.0. The van der Waals surface area contributed by atoms with Gasteiger partial charge in [-0.3, -0.25) is 9.69 Å². The van der Waals surface area contributed by atoms with E-state index in [1.165, 1.54) is 0 Å². The number of para-hydroxylation sites is 1. The molecule has 1 atom stereocenters. The number of nitrogens with zero attached hydrogens (tertiary/aromatic N) is 2. The zero-order chi connectivity index (χ0) is 14.4. The Labute approximate surface area is 118 Å². The monoisotopic (exact) mass is 273 g/mol. The van der Waals surface area contributed by atoms with Gasteiger partial charge in [-0.05, 0) is 31.5 Å². The lowest BCUT2D eigenvalue weighted by Gasteiger charge is -2.22. The number of nitriles is 1. The maximum atomic E-state index is 11.9. The van der Waals surface area contributed by atoms with E-state index in [-0.39, 0.29) is 18.6 Å². The Bertz CT molecular complexity index is 510. The highest BCUT2D eigenvalue weighted by molar-refractivity contribution is 5.92. The molecule has 1 amide bonds. The molecular formula is C15H19N3O2. The quantitative estimate of drug-likeness (QED) is 0.849. The number of rotatable bonds is 5. The Morgan fingerprint density at radius 1 is 1.50 bits per heavy atom. The van der Waals surface area contributed by atoms with Crippen LogP contribution in [0.5, 0.6) is 0 Å². The molecule has 0 unspecified atom stereocenters.